The van der Waals surface area contributed by atoms with Gasteiger partial charge in [0.05, 0.1) is 24.3 Å². The Kier molecular flexibility index (Phi) is 6.38. The molecule has 1 aliphatic heterocycles. The maximum absolute atomic E-state index is 12.7. The van der Waals surface area contributed by atoms with Crippen molar-refractivity contribution < 1.29 is 19.4 Å². The molecular weight excluding hydrogens is 358 g/mol. The SMILES string of the molecule is COCC(=O)N1[C@@H](CO)[C@H](c2ccccc2)[C@@H]1CN(C)C(=O)c1cccnc1. The van der Waals surface area contributed by atoms with Gasteiger partial charge in [-0.1, -0.05) is 30.3 Å². The molecule has 148 valence electrons. The van der Waals surface area contributed by atoms with E-state index in [0.29, 0.717) is 12.1 Å². The third kappa shape index (κ3) is 3.90. The monoisotopic (exact) mass is 383 g/mol. The van der Waals surface area contributed by atoms with Crippen LogP contribution in [0, 0.1) is 0 Å². The molecule has 3 atom stereocenters. The maximum atomic E-state index is 12.7. The van der Waals surface area contributed by atoms with Crippen molar-refractivity contribution in [1.29, 1.82) is 0 Å². The van der Waals surface area contributed by atoms with Gasteiger partial charge in [0.1, 0.15) is 6.61 Å². The third-order valence-electron chi connectivity index (χ3n) is 5.19. The number of aliphatic hydroxyl groups excluding tert-OH is 1. The van der Waals surface area contributed by atoms with Crippen LogP contribution in [0.15, 0.2) is 54.9 Å². The minimum absolute atomic E-state index is 0.0591. The minimum atomic E-state index is -0.336. The van der Waals surface area contributed by atoms with Gasteiger partial charge in [0, 0.05) is 39.0 Å². The lowest BCUT2D eigenvalue weighted by molar-refractivity contribution is -0.155. The van der Waals surface area contributed by atoms with E-state index >= 15 is 0 Å². The number of nitrogens with zero attached hydrogens (tertiary/aromatic N) is 3. The van der Waals surface area contributed by atoms with E-state index in [-0.39, 0.29) is 43.0 Å². The second kappa shape index (κ2) is 8.95. The van der Waals surface area contributed by atoms with Crippen molar-refractivity contribution in [2.45, 2.75) is 18.0 Å². The van der Waals surface area contributed by atoms with E-state index < -0.39 is 0 Å². The zero-order chi connectivity index (χ0) is 20.1. The summed E-state index contributed by atoms with van der Waals surface area (Å²) in [7, 11) is 3.18. The predicted molar refractivity (Wildman–Crippen MR) is 104 cm³/mol. The lowest BCUT2D eigenvalue weighted by atomic mass is 9.74. The number of hydrogen-bond acceptors (Lipinski definition) is 5. The highest BCUT2D eigenvalue weighted by atomic mass is 16.5. The van der Waals surface area contributed by atoms with Crippen LogP contribution in [0.4, 0.5) is 0 Å². The van der Waals surface area contributed by atoms with Gasteiger partial charge in [-0.3, -0.25) is 14.6 Å². The summed E-state index contributed by atoms with van der Waals surface area (Å²) in [6.07, 6.45) is 3.14. The second-order valence-corrected chi connectivity index (χ2v) is 6.92. The van der Waals surface area contributed by atoms with Gasteiger partial charge in [-0.05, 0) is 17.7 Å². The molecule has 0 unspecified atom stereocenters. The molecule has 0 radical (unpaired) electrons. The molecule has 3 rings (SSSR count). The number of amides is 2. The zero-order valence-electron chi connectivity index (χ0n) is 16.1. The Balaban J connectivity index is 1.84. The van der Waals surface area contributed by atoms with Crippen LogP contribution in [0.25, 0.3) is 0 Å². The molecule has 0 spiro atoms. The standard InChI is InChI=1S/C21H25N3O4/c1-23(21(27)16-9-6-10-22-11-16)12-17-20(15-7-4-3-5-8-15)18(13-25)24(17)19(26)14-28-2/h3-11,17-18,20,25H,12-14H2,1-2H3/t17-,18-,20+/m0/s1. The summed E-state index contributed by atoms with van der Waals surface area (Å²) in [6.45, 7) is 0.139. The minimum Gasteiger partial charge on any atom is -0.394 e. The number of ether oxygens (including phenoxy) is 1. The summed E-state index contributed by atoms with van der Waals surface area (Å²) >= 11 is 0. The average molecular weight is 383 g/mol. The number of hydrogen-bond donors (Lipinski definition) is 1. The molecule has 0 saturated carbocycles. The number of likely N-dealkylation sites (tertiary alicyclic amines) is 1. The largest absolute Gasteiger partial charge is 0.394 e. The van der Waals surface area contributed by atoms with E-state index in [1.165, 1.54) is 13.3 Å². The van der Waals surface area contributed by atoms with Crippen molar-refractivity contribution >= 4 is 11.8 Å². The topological polar surface area (TPSA) is 83.0 Å². The molecule has 2 aromatic rings. The van der Waals surface area contributed by atoms with E-state index in [0.717, 1.165) is 5.56 Å². The van der Waals surface area contributed by atoms with Crippen LogP contribution in [-0.2, 0) is 9.53 Å². The summed E-state index contributed by atoms with van der Waals surface area (Å²) in [5.41, 5.74) is 1.53. The van der Waals surface area contributed by atoms with Crippen LogP contribution in [-0.4, -0.2) is 77.7 Å². The number of aliphatic hydroxyl groups is 1. The van der Waals surface area contributed by atoms with Crippen molar-refractivity contribution in [3.8, 4) is 0 Å². The molecule has 1 saturated heterocycles. The molecule has 1 aromatic heterocycles. The first-order chi connectivity index (χ1) is 13.6. The smallest absolute Gasteiger partial charge is 0.255 e. The van der Waals surface area contributed by atoms with Crippen LogP contribution in [0.5, 0.6) is 0 Å². The molecule has 28 heavy (non-hydrogen) atoms. The van der Waals surface area contributed by atoms with E-state index in [1.54, 1.807) is 35.2 Å². The van der Waals surface area contributed by atoms with Crippen molar-refractivity contribution in [3.63, 3.8) is 0 Å². The summed E-state index contributed by atoms with van der Waals surface area (Å²) in [6, 6.07) is 12.6. The highest BCUT2D eigenvalue weighted by Crippen LogP contribution is 2.41. The number of carbonyl (C=O) groups excluding carboxylic acids is 2. The zero-order valence-corrected chi connectivity index (χ0v) is 16.1. The van der Waals surface area contributed by atoms with Gasteiger partial charge in [-0.25, -0.2) is 0 Å². The molecule has 2 amide bonds. The third-order valence-corrected chi connectivity index (χ3v) is 5.19. The quantitative estimate of drug-likeness (QED) is 0.776. The summed E-state index contributed by atoms with van der Waals surface area (Å²) in [5, 5.41) is 9.92. The number of methoxy groups -OCH3 is 1. The molecule has 0 bridgehead atoms. The van der Waals surface area contributed by atoms with E-state index in [9.17, 15) is 14.7 Å². The molecule has 1 aliphatic rings. The molecule has 1 N–H and O–H groups in total. The second-order valence-electron chi connectivity index (χ2n) is 6.92. The van der Waals surface area contributed by atoms with Crippen molar-refractivity contribution in [2.24, 2.45) is 0 Å². The van der Waals surface area contributed by atoms with Gasteiger partial charge in [-0.15, -0.1) is 0 Å². The molecule has 1 fully saturated rings. The van der Waals surface area contributed by atoms with E-state index in [4.69, 9.17) is 4.74 Å². The number of pyridine rings is 1. The van der Waals surface area contributed by atoms with E-state index in [2.05, 4.69) is 4.98 Å². The number of carbonyl (C=O) groups is 2. The Morgan fingerprint density at radius 1 is 1.18 bits per heavy atom. The van der Waals surface area contributed by atoms with Crippen LogP contribution < -0.4 is 0 Å². The summed E-state index contributed by atoms with van der Waals surface area (Å²) in [5.74, 6) is -0.413. The molecular formula is C21H25N3O4. The number of benzene rings is 1. The lowest BCUT2D eigenvalue weighted by Gasteiger charge is -2.55. The highest BCUT2D eigenvalue weighted by molar-refractivity contribution is 5.93. The fraction of sp³-hybridized carbons (Fsp3) is 0.381. The molecule has 2 heterocycles. The highest BCUT2D eigenvalue weighted by Gasteiger charge is 2.51. The molecule has 7 nitrogen and oxygen atoms in total. The van der Waals surface area contributed by atoms with Crippen molar-refractivity contribution in [3.05, 3.63) is 66.0 Å². The van der Waals surface area contributed by atoms with Gasteiger partial charge >= 0.3 is 0 Å². The first-order valence-corrected chi connectivity index (χ1v) is 9.19. The molecule has 0 aliphatic carbocycles. The maximum Gasteiger partial charge on any atom is 0.255 e. The van der Waals surface area contributed by atoms with Gasteiger partial charge in [0.2, 0.25) is 5.91 Å². The summed E-state index contributed by atoms with van der Waals surface area (Å²) < 4.78 is 5.00. The van der Waals surface area contributed by atoms with Crippen LogP contribution >= 0.6 is 0 Å². The normalized spacial score (nSPS) is 21.1. The van der Waals surface area contributed by atoms with Crippen molar-refractivity contribution in [2.75, 3.05) is 33.9 Å². The van der Waals surface area contributed by atoms with Crippen LogP contribution in [0.3, 0.4) is 0 Å². The number of aromatic nitrogens is 1. The summed E-state index contributed by atoms with van der Waals surface area (Å²) in [4.78, 5) is 32.5. The molecule has 7 heteroatoms. The van der Waals surface area contributed by atoms with Gasteiger partial charge in [0.25, 0.3) is 5.91 Å². The van der Waals surface area contributed by atoms with Gasteiger partial charge in [0.15, 0.2) is 0 Å². The average Bonchev–Trinajstić information content (AvgIpc) is 2.71. The van der Waals surface area contributed by atoms with Gasteiger partial charge in [-0.2, -0.15) is 0 Å². The molecule has 1 aromatic carbocycles. The number of likely N-dealkylation sites (N-methyl/N-ethyl adjacent to an activating group) is 1. The Labute approximate surface area is 164 Å². The van der Waals surface area contributed by atoms with Crippen LogP contribution in [0.1, 0.15) is 21.8 Å². The van der Waals surface area contributed by atoms with Gasteiger partial charge < -0.3 is 19.6 Å². The van der Waals surface area contributed by atoms with Crippen LogP contribution in [0.2, 0.25) is 0 Å². The number of rotatable bonds is 7. The Morgan fingerprint density at radius 3 is 2.54 bits per heavy atom. The predicted octanol–water partition coefficient (Wildman–Crippen LogP) is 1.16. The Hall–Kier alpha value is -2.77. The first kappa shape index (κ1) is 20.0. The van der Waals surface area contributed by atoms with E-state index in [1.807, 2.05) is 30.3 Å². The fourth-order valence-electron chi connectivity index (χ4n) is 3.91. The Bertz CT molecular complexity index is 800. The fourth-order valence-corrected chi connectivity index (χ4v) is 3.91. The van der Waals surface area contributed by atoms with Crippen molar-refractivity contribution in [1.82, 2.24) is 14.8 Å². The lowest BCUT2D eigenvalue weighted by Crippen LogP contribution is -2.69. The Morgan fingerprint density at radius 2 is 1.93 bits per heavy atom. The first-order valence-electron chi connectivity index (χ1n) is 9.19.